The number of nitrogens with one attached hydrogen (secondary N) is 1. The Hall–Kier alpha value is -2.74. The van der Waals surface area contributed by atoms with Gasteiger partial charge < -0.3 is 14.4 Å². The van der Waals surface area contributed by atoms with Crippen molar-refractivity contribution in [3.05, 3.63) is 29.5 Å². The monoisotopic (exact) mass is 371 g/mol. The summed E-state index contributed by atoms with van der Waals surface area (Å²) < 4.78 is 11.2. The van der Waals surface area contributed by atoms with Crippen LogP contribution in [0.2, 0.25) is 0 Å². The molecule has 8 heteroatoms. The number of hydrogen-bond acceptors (Lipinski definition) is 6. The van der Waals surface area contributed by atoms with Gasteiger partial charge in [-0.25, -0.2) is 4.98 Å². The molecule has 1 aromatic rings. The Labute approximate surface area is 159 Å². The van der Waals surface area contributed by atoms with Crippen LogP contribution < -0.4 is 14.9 Å². The van der Waals surface area contributed by atoms with Crippen LogP contribution in [0.3, 0.4) is 0 Å². The summed E-state index contributed by atoms with van der Waals surface area (Å²) in [5.74, 6) is 3.48. The number of aromatic nitrogens is 1. The molecule has 0 saturated carbocycles. The fourth-order valence-electron chi connectivity index (χ4n) is 3.14. The van der Waals surface area contributed by atoms with E-state index >= 15 is 0 Å². The number of rotatable bonds is 5. The maximum absolute atomic E-state index is 8.57. The van der Waals surface area contributed by atoms with Crippen LogP contribution in [0.4, 0.5) is 0 Å². The number of likely N-dealkylation sites (tertiary alicyclic amines) is 1. The molecule has 144 valence electrons. The number of nitrogens with zero attached hydrogens (tertiary/aromatic N) is 4. The average Bonchev–Trinajstić information content (AvgIpc) is 3.13. The Morgan fingerprint density at radius 1 is 1.30 bits per heavy atom. The van der Waals surface area contributed by atoms with Gasteiger partial charge >= 0.3 is 0 Å². The summed E-state index contributed by atoms with van der Waals surface area (Å²) in [5, 5.41) is 12.8. The number of hydrogen-bond donors (Lipinski definition) is 2. The number of ether oxygens (including phenoxy) is 2. The molecule has 1 fully saturated rings. The van der Waals surface area contributed by atoms with Crippen LogP contribution in [0.25, 0.3) is 0 Å². The summed E-state index contributed by atoms with van der Waals surface area (Å²) in [6.45, 7) is 7.44. The molecule has 27 heavy (non-hydrogen) atoms. The van der Waals surface area contributed by atoms with Gasteiger partial charge in [-0.3, -0.25) is 5.41 Å². The molecule has 0 atom stereocenters. The molecule has 3 N–H and O–H groups in total. The highest BCUT2D eigenvalue weighted by Crippen LogP contribution is 2.22. The molecule has 0 aliphatic carbocycles. The molecule has 0 aromatic carbocycles. The summed E-state index contributed by atoms with van der Waals surface area (Å²) in [6, 6.07) is 3.64. The lowest BCUT2D eigenvalue weighted by molar-refractivity contribution is -0.540. The summed E-state index contributed by atoms with van der Waals surface area (Å²) in [5.41, 5.74) is 3.71. The third kappa shape index (κ3) is 4.51. The zero-order valence-corrected chi connectivity index (χ0v) is 16.3. The van der Waals surface area contributed by atoms with E-state index < -0.39 is 0 Å². The van der Waals surface area contributed by atoms with Crippen LogP contribution in [0.5, 0.6) is 11.6 Å². The first-order valence-corrected chi connectivity index (χ1v) is 9.12. The molecule has 0 amide bonds. The minimum Gasteiger partial charge on any atom is -0.490 e. The lowest BCUT2D eigenvalue weighted by Crippen LogP contribution is -2.81. The third-order valence-electron chi connectivity index (χ3n) is 4.93. The maximum Gasteiger partial charge on any atom is 0.256 e. The molecule has 0 spiro atoms. The summed E-state index contributed by atoms with van der Waals surface area (Å²) in [6.07, 6.45) is 3.56. The van der Waals surface area contributed by atoms with E-state index in [2.05, 4.69) is 20.0 Å². The molecule has 3 heterocycles. The number of amidine groups is 3. The Balaban J connectivity index is 1.57. The van der Waals surface area contributed by atoms with Crippen molar-refractivity contribution in [1.82, 2.24) is 9.88 Å². The highest BCUT2D eigenvalue weighted by molar-refractivity contribution is 6.08. The van der Waals surface area contributed by atoms with Gasteiger partial charge in [0, 0.05) is 56.3 Å². The molecule has 2 aliphatic heterocycles. The highest BCUT2D eigenvalue weighted by Gasteiger charge is 2.25. The van der Waals surface area contributed by atoms with E-state index in [1.165, 1.54) is 0 Å². The van der Waals surface area contributed by atoms with Crippen molar-refractivity contribution in [1.29, 1.82) is 5.41 Å². The van der Waals surface area contributed by atoms with Crippen LogP contribution in [-0.2, 0) is 0 Å². The number of methoxy groups -OCH3 is 1. The van der Waals surface area contributed by atoms with Crippen molar-refractivity contribution in [2.24, 2.45) is 10.1 Å². The SMILES string of the molecule is COc1cc(OC2CCN(C(=N)/C(C)=C(/C)C3=NC(C)=N[NH2+]3)CC2)ccn1. The number of quaternary nitrogens is 1. The Kier molecular flexibility index (Phi) is 5.85. The topological polar surface area (TPSA) is 99.8 Å². The highest BCUT2D eigenvalue weighted by atomic mass is 16.5. The van der Waals surface area contributed by atoms with Gasteiger partial charge in [0.05, 0.1) is 7.11 Å². The normalized spacial score (nSPS) is 18.6. The van der Waals surface area contributed by atoms with E-state index in [0.29, 0.717) is 11.7 Å². The molecule has 1 saturated heterocycles. The first kappa shape index (κ1) is 19.0. The van der Waals surface area contributed by atoms with Crippen LogP contribution in [-0.4, -0.2) is 53.7 Å². The molecular weight excluding hydrogens is 344 g/mol. The second-order valence-corrected chi connectivity index (χ2v) is 6.74. The smallest absolute Gasteiger partial charge is 0.256 e. The van der Waals surface area contributed by atoms with Crippen LogP contribution in [0.1, 0.15) is 33.6 Å². The second-order valence-electron chi connectivity index (χ2n) is 6.74. The summed E-state index contributed by atoms with van der Waals surface area (Å²) in [4.78, 5) is 10.6. The quantitative estimate of drug-likeness (QED) is 0.466. The van der Waals surface area contributed by atoms with Crippen LogP contribution in [0, 0.1) is 5.41 Å². The van der Waals surface area contributed by atoms with E-state index in [0.717, 1.165) is 54.5 Å². The molecule has 2 aliphatic rings. The molecule has 0 radical (unpaired) electrons. The number of nitrogens with two attached hydrogens (primary N) is 1. The van der Waals surface area contributed by atoms with E-state index in [-0.39, 0.29) is 6.10 Å². The maximum atomic E-state index is 8.57. The van der Waals surface area contributed by atoms with E-state index in [1.54, 1.807) is 24.8 Å². The van der Waals surface area contributed by atoms with Crippen molar-refractivity contribution in [3.8, 4) is 11.6 Å². The van der Waals surface area contributed by atoms with E-state index in [4.69, 9.17) is 14.9 Å². The molecule has 8 nitrogen and oxygen atoms in total. The predicted octanol–water partition coefficient (Wildman–Crippen LogP) is 1.56. The van der Waals surface area contributed by atoms with E-state index in [1.807, 2.05) is 26.8 Å². The second kappa shape index (κ2) is 8.30. The van der Waals surface area contributed by atoms with Gasteiger partial charge in [0.1, 0.15) is 17.7 Å². The van der Waals surface area contributed by atoms with Crippen LogP contribution >= 0.6 is 0 Å². The lowest BCUT2D eigenvalue weighted by atomic mass is 10.0. The fourth-order valence-corrected chi connectivity index (χ4v) is 3.14. The zero-order valence-electron chi connectivity index (χ0n) is 16.3. The fraction of sp³-hybridized carbons (Fsp3) is 0.474. The molecule has 3 rings (SSSR count). The summed E-state index contributed by atoms with van der Waals surface area (Å²) >= 11 is 0. The van der Waals surface area contributed by atoms with Crippen molar-refractivity contribution >= 4 is 17.5 Å². The van der Waals surface area contributed by atoms with Crippen molar-refractivity contribution in [3.63, 3.8) is 0 Å². The van der Waals surface area contributed by atoms with Crippen molar-refractivity contribution < 1.29 is 14.9 Å². The Bertz CT molecular complexity index is 806. The van der Waals surface area contributed by atoms with Gasteiger partial charge in [-0.1, -0.05) is 5.10 Å². The summed E-state index contributed by atoms with van der Waals surface area (Å²) in [7, 11) is 1.59. The number of piperidine rings is 1. The van der Waals surface area contributed by atoms with E-state index in [9.17, 15) is 0 Å². The Morgan fingerprint density at radius 3 is 2.67 bits per heavy atom. The van der Waals surface area contributed by atoms with Gasteiger partial charge in [-0.15, -0.1) is 0 Å². The lowest BCUT2D eigenvalue weighted by Gasteiger charge is -2.34. The number of aliphatic imine (C=N–C) groups is 1. The molecular formula is C19H27N6O2+. The molecule has 1 aromatic heterocycles. The first-order chi connectivity index (χ1) is 13.0. The van der Waals surface area contributed by atoms with Gasteiger partial charge in [0.25, 0.3) is 5.84 Å². The third-order valence-corrected chi connectivity index (χ3v) is 4.93. The van der Waals surface area contributed by atoms with Gasteiger partial charge in [0.2, 0.25) is 5.88 Å². The minimum atomic E-state index is 0.134. The largest absolute Gasteiger partial charge is 0.490 e. The first-order valence-electron chi connectivity index (χ1n) is 9.12. The average molecular weight is 371 g/mol. The predicted molar refractivity (Wildman–Crippen MR) is 105 cm³/mol. The standard InChI is InChI=1S/C19H26N6O2/c1-12(13(2)19-22-14(3)23-24-19)18(20)25-9-6-15(7-10-25)27-16-5-8-21-17(11-16)26-4/h5,8,11,15,20H,6-7,9-10H2,1-4H3,(H,22,23,24)/p+1/b13-12-,20-18?. The minimum absolute atomic E-state index is 0.134. The van der Waals surface area contributed by atoms with Gasteiger partial charge in [0.15, 0.2) is 5.84 Å². The molecule has 0 bridgehead atoms. The van der Waals surface area contributed by atoms with Crippen LogP contribution in [0.15, 0.2) is 39.6 Å². The van der Waals surface area contributed by atoms with Crippen molar-refractivity contribution in [2.45, 2.75) is 39.7 Å². The number of pyridine rings is 1. The van der Waals surface area contributed by atoms with Gasteiger partial charge in [-0.2, -0.15) is 10.4 Å². The zero-order chi connectivity index (χ0) is 19.4. The van der Waals surface area contributed by atoms with Gasteiger partial charge in [-0.05, 0) is 19.9 Å². The van der Waals surface area contributed by atoms with Crippen molar-refractivity contribution in [2.75, 3.05) is 20.2 Å². The molecule has 0 unspecified atom stereocenters. The Morgan fingerprint density at radius 2 is 2.04 bits per heavy atom.